The summed E-state index contributed by atoms with van der Waals surface area (Å²) >= 11 is 0. The first-order valence-corrected chi connectivity index (χ1v) is 3.82. The highest BCUT2D eigenvalue weighted by Gasteiger charge is 1.99. The third-order valence-corrected chi connectivity index (χ3v) is 1.69. The van der Waals surface area contributed by atoms with Crippen LogP contribution in [0.25, 0.3) is 0 Å². The lowest BCUT2D eigenvalue weighted by Gasteiger charge is -2.01. The van der Waals surface area contributed by atoms with E-state index in [-0.39, 0.29) is 0 Å². The molecule has 0 aromatic heterocycles. The number of hydrogen-bond donors (Lipinski definition) is 1. The Labute approximate surface area is 72.5 Å². The number of hydrogen-bond acceptors (Lipinski definition) is 2. The van der Waals surface area contributed by atoms with Gasteiger partial charge in [0.05, 0.1) is 5.71 Å². The van der Waals surface area contributed by atoms with Crippen LogP contribution in [-0.4, -0.2) is 19.0 Å². The Morgan fingerprint density at radius 3 is 2.67 bits per heavy atom. The normalized spacial score (nSPS) is 10.5. The van der Waals surface area contributed by atoms with E-state index in [0.717, 1.165) is 11.1 Å². The Morgan fingerprint density at radius 1 is 1.42 bits per heavy atom. The second-order valence-electron chi connectivity index (χ2n) is 2.62. The van der Waals surface area contributed by atoms with Crippen molar-refractivity contribution < 1.29 is 0 Å². The summed E-state index contributed by atoms with van der Waals surface area (Å²) < 4.78 is 0. The summed E-state index contributed by atoms with van der Waals surface area (Å²) in [6.07, 6.45) is 1.56. The number of rotatable bonds is 2. The zero-order chi connectivity index (χ0) is 8.97. The zero-order valence-electron chi connectivity index (χ0n) is 7.33. The first-order chi connectivity index (χ1) is 5.75. The predicted molar refractivity (Wildman–Crippen MR) is 52.4 cm³/mol. The molecule has 0 aliphatic heterocycles. The van der Waals surface area contributed by atoms with Gasteiger partial charge in [-0.3, -0.25) is 10.4 Å². The molecule has 2 nitrogen and oxygen atoms in total. The summed E-state index contributed by atoms with van der Waals surface area (Å²) in [6, 6.07) is 7.82. The van der Waals surface area contributed by atoms with Gasteiger partial charge in [-0.2, -0.15) is 0 Å². The molecule has 0 unspecified atom stereocenters. The molecule has 1 aromatic rings. The summed E-state index contributed by atoms with van der Waals surface area (Å²) in [5.41, 5.74) is 2.53. The van der Waals surface area contributed by atoms with Gasteiger partial charge in [-0.25, -0.2) is 0 Å². The molecule has 0 amide bonds. The molecule has 1 N–H and O–H groups in total. The Morgan fingerprint density at radius 2 is 2.08 bits per heavy atom. The molecule has 0 heterocycles. The van der Waals surface area contributed by atoms with Crippen LogP contribution in [0.5, 0.6) is 0 Å². The quantitative estimate of drug-likeness (QED) is 0.643. The maximum absolute atomic E-state index is 7.62. The summed E-state index contributed by atoms with van der Waals surface area (Å²) in [5.74, 6) is 0. The summed E-state index contributed by atoms with van der Waals surface area (Å²) in [4.78, 5) is 3.80. The van der Waals surface area contributed by atoms with Crippen molar-refractivity contribution in [3.63, 3.8) is 0 Å². The lowest BCUT2D eigenvalue weighted by atomic mass is 10.1. The Kier molecular flexibility index (Phi) is 2.75. The lowest BCUT2D eigenvalue weighted by molar-refractivity contribution is 1.41. The van der Waals surface area contributed by atoms with Gasteiger partial charge >= 0.3 is 0 Å². The largest absolute Gasteiger partial charge is 0.299 e. The molecule has 0 fully saturated rings. The average molecular weight is 160 g/mol. The molecule has 0 aliphatic rings. The van der Waals surface area contributed by atoms with Crippen LogP contribution in [-0.2, 0) is 0 Å². The van der Waals surface area contributed by atoms with E-state index in [2.05, 4.69) is 4.99 Å². The van der Waals surface area contributed by atoms with Crippen LogP contribution in [0.2, 0.25) is 0 Å². The first kappa shape index (κ1) is 8.65. The minimum Gasteiger partial charge on any atom is -0.299 e. The fraction of sp³-hybridized carbons (Fsp3) is 0.200. The van der Waals surface area contributed by atoms with Crippen LogP contribution < -0.4 is 0 Å². The van der Waals surface area contributed by atoms with Crippen molar-refractivity contribution in [1.82, 2.24) is 0 Å². The van der Waals surface area contributed by atoms with Gasteiger partial charge < -0.3 is 0 Å². The minimum atomic E-state index is 0.468. The van der Waals surface area contributed by atoms with E-state index in [0.29, 0.717) is 5.71 Å². The molecule has 0 saturated carbocycles. The molecular formula is C10H12N2. The van der Waals surface area contributed by atoms with Crippen molar-refractivity contribution in [2.45, 2.75) is 6.92 Å². The topological polar surface area (TPSA) is 36.2 Å². The number of aliphatic imine (C=N–C) groups is 1. The van der Waals surface area contributed by atoms with E-state index in [1.807, 2.05) is 31.2 Å². The summed E-state index contributed by atoms with van der Waals surface area (Å²) in [6.45, 7) is 1.99. The number of benzene rings is 1. The van der Waals surface area contributed by atoms with Crippen LogP contribution >= 0.6 is 0 Å². The van der Waals surface area contributed by atoms with E-state index in [9.17, 15) is 0 Å². The predicted octanol–water partition coefficient (Wildman–Crippen LogP) is 2.06. The molecular weight excluding hydrogens is 148 g/mol. The average Bonchev–Trinajstić information content (AvgIpc) is 2.05. The first-order valence-electron chi connectivity index (χ1n) is 3.82. The van der Waals surface area contributed by atoms with Gasteiger partial charge in [0.1, 0.15) is 0 Å². The van der Waals surface area contributed by atoms with E-state index in [4.69, 9.17) is 5.41 Å². The maximum atomic E-state index is 7.62. The highest BCUT2D eigenvalue weighted by Crippen LogP contribution is 2.06. The van der Waals surface area contributed by atoms with Crippen LogP contribution in [0.4, 0.5) is 0 Å². The molecule has 0 aliphatic carbocycles. The molecule has 12 heavy (non-hydrogen) atoms. The standard InChI is InChI=1S/C10H12N2/c1-8-5-3-4-6-9(8)10(11)7-12-2/h3-7,11H,1-2H3. The van der Waals surface area contributed by atoms with Crippen molar-refractivity contribution >= 4 is 11.9 Å². The number of nitrogens with zero attached hydrogens (tertiary/aromatic N) is 1. The fourth-order valence-electron chi connectivity index (χ4n) is 1.07. The molecule has 0 radical (unpaired) electrons. The third kappa shape index (κ3) is 1.78. The molecule has 0 bridgehead atoms. The molecule has 2 heteroatoms. The highest BCUT2D eigenvalue weighted by molar-refractivity contribution is 6.37. The summed E-state index contributed by atoms with van der Waals surface area (Å²) in [5, 5.41) is 7.62. The van der Waals surface area contributed by atoms with Crippen molar-refractivity contribution in [3.8, 4) is 0 Å². The van der Waals surface area contributed by atoms with Crippen molar-refractivity contribution in [2.75, 3.05) is 7.05 Å². The summed E-state index contributed by atoms with van der Waals surface area (Å²) in [7, 11) is 1.67. The van der Waals surface area contributed by atoms with Crippen molar-refractivity contribution in [1.29, 1.82) is 5.41 Å². The van der Waals surface area contributed by atoms with Gasteiger partial charge in [0, 0.05) is 18.8 Å². The second-order valence-corrected chi connectivity index (χ2v) is 2.62. The molecule has 0 spiro atoms. The number of nitrogens with one attached hydrogen (secondary N) is 1. The van der Waals surface area contributed by atoms with Gasteiger partial charge in [0.25, 0.3) is 0 Å². The SMILES string of the molecule is CN=CC(=N)c1ccccc1C. The van der Waals surface area contributed by atoms with Gasteiger partial charge in [-0.1, -0.05) is 24.3 Å². The Balaban J connectivity index is 3.03. The van der Waals surface area contributed by atoms with Gasteiger partial charge in [0.2, 0.25) is 0 Å². The van der Waals surface area contributed by atoms with Crippen molar-refractivity contribution in [2.24, 2.45) is 4.99 Å². The van der Waals surface area contributed by atoms with Gasteiger partial charge in [0.15, 0.2) is 0 Å². The fourth-order valence-corrected chi connectivity index (χ4v) is 1.07. The molecule has 0 atom stereocenters. The van der Waals surface area contributed by atoms with Crippen LogP contribution in [0.3, 0.4) is 0 Å². The zero-order valence-corrected chi connectivity index (χ0v) is 7.33. The lowest BCUT2D eigenvalue weighted by Crippen LogP contribution is -2.02. The molecule has 1 rings (SSSR count). The van der Waals surface area contributed by atoms with Gasteiger partial charge in [-0.05, 0) is 12.5 Å². The second kappa shape index (κ2) is 3.81. The van der Waals surface area contributed by atoms with E-state index >= 15 is 0 Å². The van der Waals surface area contributed by atoms with E-state index < -0.39 is 0 Å². The van der Waals surface area contributed by atoms with E-state index in [1.54, 1.807) is 13.3 Å². The maximum Gasteiger partial charge on any atom is 0.0792 e. The van der Waals surface area contributed by atoms with Crippen LogP contribution in [0, 0.1) is 12.3 Å². The van der Waals surface area contributed by atoms with Gasteiger partial charge in [-0.15, -0.1) is 0 Å². The van der Waals surface area contributed by atoms with E-state index in [1.165, 1.54) is 0 Å². The highest BCUT2D eigenvalue weighted by atomic mass is 14.7. The number of aryl methyl sites for hydroxylation is 1. The third-order valence-electron chi connectivity index (χ3n) is 1.69. The Bertz CT molecular complexity index is 313. The molecule has 1 aromatic carbocycles. The van der Waals surface area contributed by atoms with Crippen molar-refractivity contribution in [3.05, 3.63) is 35.4 Å². The molecule has 62 valence electrons. The van der Waals surface area contributed by atoms with Crippen LogP contribution in [0.15, 0.2) is 29.3 Å². The molecule has 0 saturated heterocycles. The monoisotopic (exact) mass is 160 g/mol. The van der Waals surface area contributed by atoms with Crippen LogP contribution in [0.1, 0.15) is 11.1 Å². The smallest absolute Gasteiger partial charge is 0.0792 e. The minimum absolute atomic E-state index is 0.468. The Hall–Kier alpha value is -1.44.